The number of hydrogen-bond donors (Lipinski definition) is 1. The zero-order chi connectivity index (χ0) is 13.1. The Labute approximate surface area is 114 Å². The molecule has 0 saturated carbocycles. The van der Waals surface area contributed by atoms with Gasteiger partial charge in [-0.2, -0.15) is 0 Å². The molecule has 0 fully saturated rings. The van der Waals surface area contributed by atoms with Gasteiger partial charge in [0.05, 0.1) is 11.1 Å². The first-order valence-corrected chi connectivity index (χ1v) is 6.42. The zero-order valence-electron chi connectivity index (χ0n) is 9.78. The fourth-order valence-corrected chi connectivity index (χ4v) is 2.22. The Kier molecular flexibility index (Phi) is 3.93. The lowest BCUT2D eigenvalue weighted by Crippen LogP contribution is -2.36. The van der Waals surface area contributed by atoms with Gasteiger partial charge in [0, 0.05) is 24.1 Å². The number of nitrogens with zero attached hydrogens (tertiary/aromatic N) is 1. The van der Waals surface area contributed by atoms with Crippen molar-refractivity contribution in [3.63, 3.8) is 0 Å². The predicted molar refractivity (Wildman–Crippen MR) is 72.6 cm³/mol. The van der Waals surface area contributed by atoms with Crippen molar-refractivity contribution < 1.29 is 9.59 Å². The Morgan fingerprint density at radius 1 is 1.28 bits per heavy atom. The third-order valence-corrected chi connectivity index (χ3v) is 3.23. The summed E-state index contributed by atoms with van der Waals surface area (Å²) in [5.74, 6) is -0.445. The number of nitrogens with one attached hydrogen (secondary N) is 1. The summed E-state index contributed by atoms with van der Waals surface area (Å²) >= 11 is 3.30. The highest BCUT2D eigenvalue weighted by Crippen LogP contribution is 2.25. The van der Waals surface area contributed by atoms with Gasteiger partial charge >= 0.3 is 0 Å². The van der Waals surface area contributed by atoms with E-state index in [1.807, 2.05) is 0 Å². The van der Waals surface area contributed by atoms with Gasteiger partial charge in [-0.05, 0) is 18.2 Å². The zero-order valence-corrected chi connectivity index (χ0v) is 11.4. The topological polar surface area (TPSA) is 49.4 Å². The third-order valence-electron chi connectivity index (χ3n) is 2.73. The Bertz CT molecular complexity index is 514. The summed E-state index contributed by atoms with van der Waals surface area (Å²) in [4.78, 5) is 25.4. The molecule has 0 spiro atoms. The minimum atomic E-state index is -0.225. The molecule has 0 unspecified atom stereocenters. The van der Waals surface area contributed by atoms with E-state index < -0.39 is 0 Å². The molecule has 0 atom stereocenters. The first kappa shape index (κ1) is 13.0. The van der Waals surface area contributed by atoms with Gasteiger partial charge < -0.3 is 5.32 Å². The van der Waals surface area contributed by atoms with Crippen LogP contribution in [0.1, 0.15) is 20.7 Å². The van der Waals surface area contributed by atoms with Gasteiger partial charge in [-0.1, -0.05) is 22.0 Å². The molecule has 2 amide bonds. The molecular weight excluding hydrogens is 296 g/mol. The predicted octanol–water partition coefficient (Wildman–Crippen LogP) is 1.82. The van der Waals surface area contributed by atoms with Crippen LogP contribution in [0.5, 0.6) is 0 Å². The normalized spacial score (nSPS) is 13.9. The van der Waals surface area contributed by atoms with E-state index in [2.05, 4.69) is 27.8 Å². The van der Waals surface area contributed by atoms with Crippen molar-refractivity contribution in [1.29, 1.82) is 0 Å². The van der Waals surface area contributed by atoms with Crippen molar-refractivity contribution in [3.05, 3.63) is 46.5 Å². The van der Waals surface area contributed by atoms with Crippen LogP contribution in [0.3, 0.4) is 0 Å². The summed E-state index contributed by atoms with van der Waals surface area (Å²) in [5, 5.41) is 3.07. The number of carbonyl (C=O) groups excluding carboxylic acids is 2. The molecule has 1 aromatic rings. The molecule has 5 heteroatoms. The minimum absolute atomic E-state index is 0.220. The van der Waals surface area contributed by atoms with E-state index in [4.69, 9.17) is 0 Å². The molecule has 0 aromatic heterocycles. The smallest absolute Gasteiger partial charge is 0.261 e. The van der Waals surface area contributed by atoms with Crippen molar-refractivity contribution in [2.45, 2.75) is 0 Å². The van der Waals surface area contributed by atoms with E-state index in [9.17, 15) is 9.59 Å². The largest absolute Gasteiger partial charge is 0.312 e. The number of rotatable bonds is 5. The molecule has 1 heterocycles. The van der Waals surface area contributed by atoms with Gasteiger partial charge in [0.15, 0.2) is 0 Å². The Morgan fingerprint density at radius 3 is 2.72 bits per heavy atom. The molecule has 1 N–H and O–H groups in total. The summed E-state index contributed by atoms with van der Waals surface area (Å²) in [7, 11) is 0. The second kappa shape index (κ2) is 5.46. The van der Waals surface area contributed by atoms with Crippen molar-refractivity contribution in [2.24, 2.45) is 0 Å². The quantitative estimate of drug-likeness (QED) is 0.513. The fourth-order valence-electron chi connectivity index (χ4n) is 1.86. The molecule has 0 bridgehead atoms. The van der Waals surface area contributed by atoms with Crippen LogP contribution < -0.4 is 5.32 Å². The number of halogens is 1. The van der Waals surface area contributed by atoms with Crippen LogP contribution in [0.2, 0.25) is 0 Å². The lowest BCUT2D eigenvalue weighted by Gasteiger charge is -2.13. The highest BCUT2D eigenvalue weighted by atomic mass is 79.9. The number of amides is 2. The lowest BCUT2D eigenvalue weighted by atomic mass is 10.1. The lowest BCUT2D eigenvalue weighted by molar-refractivity contribution is 0.0656. The monoisotopic (exact) mass is 308 g/mol. The van der Waals surface area contributed by atoms with Gasteiger partial charge in [0.2, 0.25) is 0 Å². The molecule has 0 radical (unpaired) electrons. The van der Waals surface area contributed by atoms with E-state index in [1.165, 1.54) is 4.90 Å². The van der Waals surface area contributed by atoms with Crippen LogP contribution in [-0.2, 0) is 0 Å². The molecule has 94 valence electrons. The van der Waals surface area contributed by atoms with Gasteiger partial charge in [-0.3, -0.25) is 14.5 Å². The van der Waals surface area contributed by atoms with Crippen LogP contribution in [-0.4, -0.2) is 36.3 Å². The van der Waals surface area contributed by atoms with Crippen molar-refractivity contribution in [3.8, 4) is 0 Å². The van der Waals surface area contributed by atoms with Crippen molar-refractivity contribution in [1.82, 2.24) is 10.2 Å². The van der Waals surface area contributed by atoms with Gasteiger partial charge in [0.1, 0.15) is 0 Å². The maximum absolute atomic E-state index is 12.1. The second-order valence-electron chi connectivity index (χ2n) is 3.94. The fraction of sp³-hybridized carbons (Fsp3) is 0.231. The maximum Gasteiger partial charge on any atom is 0.261 e. The average molecular weight is 309 g/mol. The number of fused-ring (bicyclic) bond motifs is 1. The number of imide groups is 1. The Morgan fingerprint density at radius 2 is 2.00 bits per heavy atom. The SMILES string of the molecule is C=CCNCCN1C(=O)c2ccc(Br)cc2C1=O. The first-order chi connectivity index (χ1) is 8.65. The van der Waals surface area contributed by atoms with Gasteiger partial charge in [0.25, 0.3) is 11.8 Å². The van der Waals surface area contributed by atoms with Gasteiger partial charge in [-0.15, -0.1) is 6.58 Å². The molecular formula is C13H13BrN2O2. The summed E-state index contributed by atoms with van der Waals surface area (Å²) in [5.41, 5.74) is 0.949. The van der Waals surface area contributed by atoms with E-state index in [-0.39, 0.29) is 11.8 Å². The average Bonchev–Trinajstić information content (AvgIpc) is 2.59. The molecule has 0 aliphatic carbocycles. The summed E-state index contributed by atoms with van der Waals surface area (Å²) in [6.07, 6.45) is 1.74. The molecule has 1 aliphatic heterocycles. The van der Waals surface area contributed by atoms with E-state index in [1.54, 1.807) is 24.3 Å². The number of carbonyl (C=O) groups is 2. The third kappa shape index (κ3) is 2.37. The van der Waals surface area contributed by atoms with Crippen LogP contribution in [0.25, 0.3) is 0 Å². The molecule has 2 rings (SSSR count). The van der Waals surface area contributed by atoms with Crippen LogP contribution in [0.4, 0.5) is 0 Å². The molecule has 1 aliphatic rings. The van der Waals surface area contributed by atoms with Gasteiger partial charge in [-0.25, -0.2) is 0 Å². The summed E-state index contributed by atoms with van der Waals surface area (Å²) < 4.78 is 0.800. The maximum atomic E-state index is 12.1. The highest BCUT2D eigenvalue weighted by molar-refractivity contribution is 9.10. The van der Waals surface area contributed by atoms with E-state index in [0.29, 0.717) is 30.8 Å². The van der Waals surface area contributed by atoms with Crippen LogP contribution in [0, 0.1) is 0 Å². The second-order valence-corrected chi connectivity index (χ2v) is 4.86. The van der Waals surface area contributed by atoms with Crippen LogP contribution >= 0.6 is 15.9 Å². The molecule has 18 heavy (non-hydrogen) atoms. The van der Waals surface area contributed by atoms with Crippen molar-refractivity contribution in [2.75, 3.05) is 19.6 Å². The molecule has 1 aromatic carbocycles. The van der Waals surface area contributed by atoms with E-state index in [0.717, 1.165) is 4.47 Å². The number of benzene rings is 1. The van der Waals surface area contributed by atoms with E-state index >= 15 is 0 Å². The number of hydrogen-bond acceptors (Lipinski definition) is 3. The molecule has 0 saturated heterocycles. The summed E-state index contributed by atoms with van der Waals surface area (Å²) in [6, 6.07) is 5.13. The highest BCUT2D eigenvalue weighted by Gasteiger charge is 2.34. The van der Waals surface area contributed by atoms with Crippen molar-refractivity contribution >= 4 is 27.7 Å². The first-order valence-electron chi connectivity index (χ1n) is 5.62. The Hall–Kier alpha value is -1.46. The summed E-state index contributed by atoms with van der Waals surface area (Å²) in [6.45, 7) is 5.19. The van der Waals surface area contributed by atoms with Crippen LogP contribution in [0.15, 0.2) is 35.3 Å². The standard InChI is InChI=1S/C13H13BrN2O2/c1-2-5-15-6-7-16-12(17)10-4-3-9(14)8-11(10)13(16)18/h2-4,8,15H,1,5-7H2. The Balaban J connectivity index is 2.11. The minimum Gasteiger partial charge on any atom is -0.312 e. The molecule has 4 nitrogen and oxygen atoms in total.